The van der Waals surface area contributed by atoms with E-state index in [9.17, 15) is 8.42 Å². The molecule has 0 bridgehead atoms. The van der Waals surface area contributed by atoms with Crippen LogP contribution in [0.1, 0.15) is 30.7 Å². The van der Waals surface area contributed by atoms with Crippen molar-refractivity contribution in [2.45, 2.75) is 38.0 Å². The largest absolute Gasteiger partial charge is 0.496 e. The van der Waals surface area contributed by atoms with Crippen molar-refractivity contribution in [3.63, 3.8) is 0 Å². The first kappa shape index (κ1) is 21.8. The van der Waals surface area contributed by atoms with Gasteiger partial charge in [0.25, 0.3) is 0 Å². The molecule has 0 unspecified atom stereocenters. The molecule has 0 spiro atoms. The minimum absolute atomic E-state index is 0.310. The van der Waals surface area contributed by atoms with Crippen LogP contribution in [0, 0.1) is 13.8 Å². The zero-order valence-electron chi connectivity index (χ0n) is 18.5. The van der Waals surface area contributed by atoms with Gasteiger partial charge >= 0.3 is 0 Å². The van der Waals surface area contributed by atoms with Gasteiger partial charge in [-0.15, -0.1) is 0 Å². The van der Waals surface area contributed by atoms with Crippen LogP contribution in [0.5, 0.6) is 5.75 Å². The average Bonchev–Trinajstić information content (AvgIpc) is 2.79. The molecule has 2 aromatic rings. The van der Waals surface area contributed by atoms with E-state index in [-0.39, 0.29) is 0 Å². The van der Waals surface area contributed by atoms with Gasteiger partial charge in [0, 0.05) is 45.3 Å². The Hall–Kier alpha value is -2.39. The van der Waals surface area contributed by atoms with Crippen LogP contribution in [-0.2, 0) is 10.0 Å². The van der Waals surface area contributed by atoms with Gasteiger partial charge in [0.2, 0.25) is 10.0 Å². The van der Waals surface area contributed by atoms with Gasteiger partial charge in [0.15, 0.2) is 0 Å². The molecule has 4 rings (SSSR count). The molecule has 31 heavy (non-hydrogen) atoms. The number of hydrogen-bond acceptors (Lipinski definition) is 7. The molecular formula is C22H31N5O3S. The standard InChI is InChI=1S/C22H31N5O3S/c1-17-15-19(7-8-20(17)30-3)31(28,29)27-13-11-26(12-14-27)22-16-21(23-18(2)24-22)25-9-5-4-6-10-25/h7-8,15-16H,4-6,9-14H2,1-3H3. The molecule has 1 aromatic heterocycles. The number of nitrogens with zero attached hydrogens (tertiary/aromatic N) is 5. The molecule has 0 radical (unpaired) electrons. The van der Waals surface area contributed by atoms with Crippen molar-refractivity contribution >= 4 is 21.7 Å². The summed E-state index contributed by atoms with van der Waals surface area (Å²) in [6.45, 7) is 7.89. The lowest BCUT2D eigenvalue weighted by Crippen LogP contribution is -2.49. The van der Waals surface area contributed by atoms with Crippen molar-refractivity contribution < 1.29 is 13.2 Å². The number of sulfonamides is 1. The van der Waals surface area contributed by atoms with Gasteiger partial charge in [-0.05, 0) is 56.9 Å². The van der Waals surface area contributed by atoms with Crippen LogP contribution < -0.4 is 14.5 Å². The summed E-state index contributed by atoms with van der Waals surface area (Å²) in [4.78, 5) is 14.1. The van der Waals surface area contributed by atoms with Crippen LogP contribution >= 0.6 is 0 Å². The second kappa shape index (κ2) is 9.00. The van der Waals surface area contributed by atoms with Crippen molar-refractivity contribution in [3.05, 3.63) is 35.7 Å². The zero-order valence-corrected chi connectivity index (χ0v) is 19.4. The SMILES string of the molecule is COc1ccc(S(=O)(=O)N2CCN(c3cc(N4CCCCC4)nc(C)n3)CC2)cc1C. The van der Waals surface area contributed by atoms with E-state index in [0.29, 0.717) is 36.8 Å². The van der Waals surface area contributed by atoms with E-state index < -0.39 is 10.0 Å². The molecule has 168 valence electrons. The van der Waals surface area contributed by atoms with Crippen LogP contribution in [0.2, 0.25) is 0 Å². The van der Waals surface area contributed by atoms with Crippen molar-refractivity contribution in [3.8, 4) is 5.75 Å². The summed E-state index contributed by atoms with van der Waals surface area (Å²) in [6, 6.07) is 7.06. The minimum atomic E-state index is -3.54. The van der Waals surface area contributed by atoms with E-state index >= 15 is 0 Å². The van der Waals surface area contributed by atoms with Gasteiger partial charge < -0.3 is 14.5 Å². The van der Waals surface area contributed by atoms with Gasteiger partial charge in [-0.1, -0.05) is 0 Å². The number of anilines is 2. The Labute approximate surface area is 184 Å². The smallest absolute Gasteiger partial charge is 0.243 e. The highest BCUT2D eigenvalue weighted by Gasteiger charge is 2.29. The normalized spacial score (nSPS) is 18.3. The summed E-state index contributed by atoms with van der Waals surface area (Å²) in [6.07, 6.45) is 3.66. The van der Waals surface area contributed by atoms with Gasteiger partial charge in [-0.2, -0.15) is 4.31 Å². The predicted octanol–water partition coefficient (Wildman–Crippen LogP) is 2.60. The first-order valence-corrected chi connectivity index (χ1v) is 12.3. The lowest BCUT2D eigenvalue weighted by molar-refractivity contribution is 0.383. The Bertz CT molecular complexity index is 1030. The third-order valence-electron chi connectivity index (χ3n) is 6.06. The molecule has 3 heterocycles. The second-order valence-electron chi connectivity index (χ2n) is 8.20. The molecule has 2 saturated heterocycles. The van der Waals surface area contributed by atoms with E-state index in [2.05, 4.69) is 25.8 Å². The Morgan fingerprint density at radius 3 is 2.03 bits per heavy atom. The third kappa shape index (κ3) is 4.62. The van der Waals surface area contributed by atoms with Gasteiger partial charge in [0.05, 0.1) is 12.0 Å². The maximum atomic E-state index is 13.1. The molecule has 2 aliphatic rings. The number of benzene rings is 1. The van der Waals surface area contributed by atoms with E-state index in [1.54, 1.807) is 29.6 Å². The van der Waals surface area contributed by atoms with E-state index in [1.165, 1.54) is 19.3 Å². The third-order valence-corrected chi connectivity index (χ3v) is 7.95. The van der Waals surface area contributed by atoms with Crippen molar-refractivity contribution in [2.75, 3.05) is 56.2 Å². The number of piperazine rings is 1. The molecule has 9 heteroatoms. The molecule has 2 aliphatic heterocycles. The van der Waals surface area contributed by atoms with Crippen LogP contribution in [-0.4, -0.2) is 69.1 Å². The topological polar surface area (TPSA) is 78.9 Å². The number of aromatic nitrogens is 2. The maximum absolute atomic E-state index is 13.1. The fourth-order valence-electron chi connectivity index (χ4n) is 4.30. The molecule has 0 atom stereocenters. The number of hydrogen-bond donors (Lipinski definition) is 0. The molecule has 1 aromatic carbocycles. The van der Waals surface area contributed by atoms with Crippen LogP contribution in [0.3, 0.4) is 0 Å². The number of methoxy groups -OCH3 is 1. The molecule has 0 amide bonds. The molecule has 0 aliphatic carbocycles. The minimum Gasteiger partial charge on any atom is -0.496 e. The Balaban J connectivity index is 1.47. The van der Waals surface area contributed by atoms with Gasteiger partial charge in [0.1, 0.15) is 23.2 Å². The van der Waals surface area contributed by atoms with Gasteiger partial charge in [-0.25, -0.2) is 18.4 Å². The van der Waals surface area contributed by atoms with Crippen LogP contribution in [0.4, 0.5) is 11.6 Å². The molecule has 0 N–H and O–H groups in total. The monoisotopic (exact) mass is 445 g/mol. The molecule has 8 nitrogen and oxygen atoms in total. The van der Waals surface area contributed by atoms with Gasteiger partial charge in [-0.3, -0.25) is 0 Å². The fourth-order valence-corrected chi connectivity index (χ4v) is 5.81. The summed E-state index contributed by atoms with van der Waals surface area (Å²) in [5, 5.41) is 0. The molecular weight excluding hydrogens is 414 g/mol. The Morgan fingerprint density at radius 2 is 1.45 bits per heavy atom. The average molecular weight is 446 g/mol. The Morgan fingerprint density at radius 1 is 0.839 bits per heavy atom. The summed E-state index contributed by atoms with van der Waals surface area (Å²) in [5.74, 6) is 3.30. The van der Waals surface area contributed by atoms with E-state index in [1.807, 2.05) is 13.8 Å². The second-order valence-corrected chi connectivity index (χ2v) is 10.1. The first-order chi connectivity index (χ1) is 14.9. The van der Waals surface area contributed by atoms with Crippen molar-refractivity contribution in [2.24, 2.45) is 0 Å². The van der Waals surface area contributed by atoms with Crippen LogP contribution in [0.25, 0.3) is 0 Å². The van der Waals surface area contributed by atoms with E-state index in [4.69, 9.17) is 4.74 Å². The first-order valence-electron chi connectivity index (χ1n) is 10.9. The lowest BCUT2D eigenvalue weighted by atomic mass is 10.1. The fraction of sp³-hybridized carbons (Fsp3) is 0.545. The van der Waals surface area contributed by atoms with Crippen molar-refractivity contribution in [1.82, 2.24) is 14.3 Å². The lowest BCUT2D eigenvalue weighted by Gasteiger charge is -2.35. The quantitative estimate of drug-likeness (QED) is 0.700. The maximum Gasteiger partial charge on any atom is 0.243 e. The molecule has 0 saturated carbocycles. The Kier molecular flexibility index (Phi) is 6.34. The number of ether oxygens (including phenoxy) is 1. The zero-order chi connectivity index (χ0) is 22.0. The number of rotatable bonds is 5. The van der Waals surface area contributed by atoms with Crippen molar-refractivity contribution in [1.29, 1.82) is 0 Å². The van der Waals surface area contributed by atoms with E-state index in [0.717, 1.165) is 36.1 Å². The highest BCUT2D eigenvalue weighted by atomic mass is 32.2. The summed E-state index contributed by atoms with van der Waals surface area (Å²) >= 11 is 0. The predicted molar refractivity (Wildman–Crippen MR) is 122 cm³/mol. The van der Waals surface area contributed by atoms with Crippen LogP contribution in [0.15, 0.2) is 29.2 Å². The number of aryl methyl sites for hydroxylation is 2. The summed E-state index contributed by atoms with van der Waals surface area (Å²) in [5.41, 5.74) is 0.809. The summed E-state index contributed by atoms with van der Waals surface area (Å²) < 4.78 is 33.1. The summed E-state index contributed by atoms with van der Waals surface area (Å²) in [7, 11) is -1.95. The highest BCUT2D eigenvalue weighted by Crippen LogP contribution is 2.26. The highest BCUT2D eigenvalue weighted by molar-refractivity contribution is 7.89. The molecule has 2 fully saturated rings. The number of piperidine rings is 1.